The van der Waals surface area contributed by atoms with E-state index in [2.05, 4.69) is 384 Å². The number of benzene rings is 16. The Morgan fingerprint density at radius 1 is 0.168 bits per heavy atom. The lowest BCUT2D eigenvalue weighted by atomic mass is 9.83. The van der Waals surface area contributed by atoms with Gasteiger partial charge in [0, 0.05) is 49.0 Å². The van der Waals surface area contributed by atoms with Crippen molar-refractivity contribution in [1.82, 2.24) is 13.7 Å². The number of nitriles is 1. The van der Waals surface area contributed by atoms with E-state index in [1.54, 1.807) is 0 Å². The van der Waals surface area contributed by atoms with Crippen molar-refractivity contribution < 1.29 is 0 Å². The highest BCUT2D eigenvalue weighted by atomic mass is 15.1. The summed E-state index contributed by atoms with van der Waals surface area (Å²) in [7, 11) is 0. The predicted octanol–water partition coefficient (Wildman–Crippen LogP) is 25.9. The summed E-state index contributed by atoms with van der Waals surface area (Å²) < 4.78 is 7.85. The van der Waals surface area contributed by atoms with Gasteiger partial charge in [0.15, 0.2) is 0 Å². The standard InChI is InChI=1S/C97H62N4/c98-63-64-41-43-73(44-42-64)92-93(71-37-21-7-22-38-71)95(99-86-51-45-74(65-25-9-1-10-26-65)57-80(86)81-58-75(46-52-87(81)99)66-27-11-2-12-28-66)97(101-90-55-49-78(69-33-17-5-18-34-69)61-84(90)85-62-79(50-56-91(85)101)70-35-19-6-20-36-70)96(94(92)72-39-23-8-24-40-72)100-88-53-47-76(67-29-13-3-14-30-67)59-82(88)83-60-77(48-54-89(83)100)68-31-15-4-16-32-68/h1-62H. The highest BCUT2D eigenvalue weighted by Crippen LogP contribution is 2.56. The van der Waals surface area contributed by atoms with Gasteiger partial charge in [-0.25, -0.2) is 0 Å². The van der Waals surface area contributed by atoms with Gasteiger partial charge < -0.3 is 13.7 Å². The van der Waals surface area contributed by atoms with Crippen LogP contribution in [-0.2, 0) is 0 Å². The van der Waals surface area contributed by atoms with Crippen LogP contribution in [0.15, 0.2) is 376 Å². The Kier molecular flexibility index (Phi) is 14.2. The Balaban J connectivity index is 1.10. The molecule has 0 amide bonds. The van der Waals surface area contributed by atoms with Gasteiger partial charge in [0.2, 0.25) is 0 Å². The first-order valence-electron chi connectivity index (χ1n) is 34.5. The van der Waals surface area contributed by atoms with Gasteiger partial charge in [-0.15, -0.1) is 0 Å². The minimum absolute atomic E-state index is 0.583. The topological polar surface area (TPSA) is 38.6 Å². The van der Waals surface area contributed by atoms with Crippen LogP contribution in [-0.4, -0.2) is 13.7 Å². The average Bonchev–Trinajstić information content (AvgIpc) is 1.60. The molecule has 3 heterocycles. The summed E-state index contributed by atoms with van der Waals surface area (Å²) in [5, 5.41) is 17.4. The zero-order chi connectivity index (χ0) is 66.9. The first-order chi connectivity index (χ1) is 50.1. The first-order valence-corrected chi connectivity index (χ1v) is 34.5. The Morgan fingerprint density at radius 3 is 0.574 bits per heavy atom. The number of hydrogen-bond donors (Lipinski definition) is 0. The van der Waals surface area contributed by atoms with E-state index in [0.717, 1.165) is 183 Å². The predicted molar refractivity (Wildman–Crippen MR) is 423 cm³/mol. The minimum Gasteiger partial charge on any atom is -0.306 e. The fraction of sp³-hybridized carbons (Fsp3) is 0. The van der Waals surface area contributed by atoms with Crippen LogP contribution in [0, 0.1) is 11.3 Å². The van der Waals surface area contributed by atoms with Crippen molar-refractivity contribution in [1.29, 1.82) is 5.26 Å². The van der Waals surface area contributed by atoms with Gasteiger partial charge in [-0.05, 0) is 168 Å². The number of hydrogen-bond acceptors (Lipinski definition) is 1. The molecule has 0 spiro atoms. The van der Waals surface area contributed by atoms with E-state index < -0.39 is 0 Å². The smallest absolute Gasteiger partial charge is 0.0991 e. The van der Waals surface area contributed by atoms with Crippen LogP contribution in [0.3, 0.4) is 0 Å². The Hall–Kier alpha value is -13.6. The summed E-state index contributed by atoms with van der Waals surface area (Å²) in [5.74, 6) is 0. The maximum atomic E-state index is 10.7. The van der Waals surface area contributed by atoms with Crippen molar-refractivity contribution in [3.8, 4) is 123 Å². The zero-order valence-corrected chi connectivity index (χ0v) is 55.1. The molecule has 0 atom stereocenters. The largest absolute Gasteiger partial charge is 0.306 e. The van der Waals surface area contributed by atoms with Crippen molar-refractivity contribution in [2.24, 2.45) is 0 Å². The lowest BCUT2D eigenvalue weighted by molar-refractivity contribution is 1.05. The summed E-state index contributed by atoms with van der Waals surface area (Å²) in [6.45, 7) is 0. The molecule has 0 saturated carbocycles. The summed E-state index contributed by atoms with van der Waals surface area (Å²) in [6.07, 6.45) is 0. The minimum atomic E-state index is 0.583. The zero-order valence-electron chi connectivity index (χ0n) is 55.1. The molecule has 0 radical (unpaired) electrons. The molecule has 4 heteroatoms. The number of fused-ring (bicyclic) bond motifs is 9. The van der Waals surface area contributed by atoms with Gasteiger partial charge >= 0.3 is 0 Å². The molecule has 19 aromatic rings. The fourth-order valence-electron chi connectivity index (χ4n) is 15.8. The summed E-state index contributed by atoms with van der Waals surface area (Å²) in [4.78, 5) is 0. The monoisotopic (exact) mass is 1280 g/mol. The molecule has 3 aromatic heterocycles. The molecule has 0 aliphatic carbocycles. The van der Waals surface area contributed by atoms with Crippen molar-refractivity contribution in [2.75, 3.05) is 0 Å². The van der Waals surface area contributed by atoms with Crippen LogP contribution in [0.2, 0.25) is 0 Å². The molecule has 0 unspecified atom stereocenters. The van der Waals surface area contributed by atoms with Crippen LogP contribution in [0.4, 0.5) is 0 Å². The summed E-state index contributed by atoms with van der Waals surface area (Å²) in [6, 6.07) is 140. The van der Waals surface area contributed by atoms with E-state index in [-0.39, 0.29) is 0 Å². The highest BCUT2D eigenvalue weighted by Gasteiger charge is 2.35. The van der Waals surface area contributed by atoms with Crippen LogP contribution in [0.5, 0.6) is 0 Å². The molecule has 0 bridgehead atoms. The molecule has 16 aromatic carbocycles. The average molecular weight is 1280 g/mol. The Bertz CT molecular complexity index is 5870. The third kappa shape index (κ3) is 9.98. The molecule has 0 aliphatic heterocycles. The maximum absolute atomic E-state index is 10.7. The third-order valence-corrected chi connectivity index (χ3v) is 20.5. The van der Waals surface area contributed by atoms with Crippen molar-refractivity contribution in [3.05, 3.63) is 382 Å². The second kappa shape index (κ2) is 24.5. The van der Waals surface area contributed by atoms with Crippen LogP contribution in [0.25, 0.3) is 183 Å². The second-order valence-corrected chi connectivity index (χ2v) is 26.2. The normalized spacial score (nSPS) is 11.6. The van der Waals surface area contributed by atoms with Gasteiger partial charge in [0.1, 0.15) is 0 Å². The van der Waals surface area contributed by atoms with Gasteiger partial charge in [-0.3, -0.25) is 0 Å². The van der Waals surface area contributed by atoms with E-state index in [0.29, 0.717) is 5.56 Å². The third-order valence-electron chi connectivity index (χ3n) is 20.5. The van der Waals surface area contributed by atoms with Crippen LogP contribution >= 0.6 is 0 Å². The van der Waals surface area contributed by atoms with E-state index in [9.17, 15) is 5.26 Å². The van der Waals surface area contributed by atoms with Crippen molar-refractivity contribution in [2.45, 2.75) is 0 Å². The SMILES string of the molecule is N#Cc1ccc(-c2c(-c3ccccc3)c(-n3c4ccc(-c5ccccc5)cc4c4cc(-c5ccccc5)ccc43)c(-n3c4ccc(-c5ccccc5)cc4c4cc(-c5ccccc5)ccc43)c(-n3c4ccc(-c5ccccc5)cc4c4cc(-c5ccccc5)ccc43)c2-c2ccccc2)cc1. The summed E-state index contributed by atoms with van der Waals surface area (Å²) >= 11 is 0. The Labute approximate surface area is 585 Å². The van der Waals surface area contributed by atoms with E-state index >= 15 is 0 Å². The van der Waals surface area contributed by atoms with Crippen molar-refractivity contribution in [3.63, 3.8) is 0 Å². The molecular weight excluding hydrogens is 1220 g/mol. The number of aromatic nitrogens is 3. The fourth-order valence-corrected chi connectivity index (χ4v) is 15.8. The lowest BCUT2D eigenvalue weighted by Crippen LogP contribution is -2.14. The van der Waals surface area contributed by atoms with E-state index in [1.807, 2.05) is 12.1 Å². The Morgan fingerprint density at radius 2 is 0.356 bits per heavy atom. The molecule has 0 aliphatic rings. The second-order valence-electron chi connectivity index (χ2n) is 26.2. The number of rotatable bonds is 12. The molecule has 4 nitrogen and oxygen atoms in total. The maximum Gasteiger partial charge on any atom is 0.0991 e. The van der Waals surface area contributed by atoms with Gasteiger partial charge in [0.25, 0.3) is 0 Å². The molecule has 0 saturated heterocycles. The van der Waals surface area contributed by atoms with Gasteiger partial charge in [0.05, 0.1) is 61.8 Å². The molecule has 101 heavy (non-hydrogen) atoms. The molecule has 0 N–H and O–H groups in total. The van der Waals surface area contributed by atoms with Gasteiger partial charge in [-0.1, -0.05) is 291 Å². The molecule has 19 rings (SSSR count). The summed E-state index contributed by atoms with van der Waals surface area (Å²) in [5.41, 5.74) is 29.6. The van der Waals surface area contributed by atoms with E-state index in [4.69, 9.17) is 0 Å². The quantitative estimate of drug-likeness (QED) is 0.120. The van der Waals surface area contributed by atoms with Crippen LogP contribution < -0.4 is 0 Å². The van der Waals surface area contributed by atoms with E-state index in [1.165, 1.54) is 0 Å². The lowest BCUT2D eigenvalue weighted by Gasteiger charge is -2.31. The molecular formula is C97H62N4. The first kappa shape index (κ1) is 58.7. The molecule has 470 valence electrons. The molecule has 0 fully saturated rings. The van der Waals surface area contributed by atoms with Crippen molar-refractivity contribution >= 4 is 65.4 Å². The van der Waals surface area contributed by atoms with Crippen LogP contribution in [0.1, 0.15) is 5.56 Å². The highest BCUT2D eigenvalue weighted by molar-refractivity contribution is 6.20. The van der Waals surface area contributed by atoms with Gasteiger partial charge in [-0.2, -0.15) is 5.26 Å². The number of nitrogens with zero attached hydrogens (tertiary/aromatic N) is 4.